The topological polar surface area (TPSA) is 55.8 Å². The van der Waals surface area contributed by atoms with Crippen LogP contribution in [0.5, 0.6) is 11.5 Å². The second kappa shape index (κ2) is 5.76. The van der Waals surface area contributed by atoms with Crippen LogP contribution in [0.1, 0.15) is 26.2 Å². The smallest absolute Gasteiger partial charge is 0.310 e. The van der Waals surface area contributed by atoms with Gasteiger partial charge < -0.3 is 14.6 Å². The Bertz CT molecular complexity index is 416. The highest BCUT2D eigenvalue weighted by atomic mass is 16.5. The van der Waals surface area contributed by atoms with Gasteiger partial charge in [-0.15, -0.1) is 0 Å². The van der Waals surface area contributed by atoms with Crippen molar-refractivity contribution in [2.75, 3.05) is 6.61 Å². The van der Waals surface area contributed by atoms with Gasteiger partial charge in [-0.25, -0.2) is 0 Å². The van der Waals surface area contributed by atoms with Crippen molar-refractivity contribution in [1.29, 1.82) is 0 Å². The molecule has 1 aliphatic carbocycles. The normalized spacial score (nSPS) is 22.7. The van der Waals surface area contributed by atoms with Crippen LogP contribution in [0, 0.1) is 5.92 Å². The number of hydrogen-bond donors (Lipinski definition) is 1. The van der Waals surface area contributed by atoms with Gasteiger partial charge >= 0.3 is 5.97 Å². The van der Waals surface area contributed by atoms with Crippen molar-refractivity contribution < 1.29 is 19.4 Å². The number of ether oxygens (including phenoxy) is 2. The molecule has 2 atom stereocenters. The highest BCUT2D eigenvalue weighted by molar-refractivity contribution is 5.71. The average molecular weight is 250 g/mol. The summed E-state index contributed by atoms with van der Waals surface area (Å²) in [5, 5.41) is 9.10. The first-order chi connectivity index (χ1) is 8.70. The molecule has 0 heterocycles. The van der Waals surface area contributed by atoms with Crippen LogP contribution in [-0.4, -0.2) is 23.8 Å². The molecule has 18 heavy (non-hydrogen) atoms. The summed E-state index contributed by atoms with van der Waals surface area (Å²) in [6.07, 6.45) is 2.19. The van der Waals surface area contributed by atoms with E-state index in [1.54, 1.807) is 6.07 Å². The van der Waals surface area contributed by atoms with E-state index in [0.717, 1.165) is 18.6 Å². The van der Waals surface area contributed by atoms with Gasteiger partial charge in [0.15, 0.2) is 0 Å². The van der Waals surface area contributed by atoms with Crippen molar-refractivity contribution in [2.24, 2.45) is 5.92 Å². The molecule has 2 rings (SSSR count). The summed E-state index contributed by atoms with van der Waals surface area (Å²) in [4.78, 5) is 11.1. The molecule has 1 fully saturated rings. The van der Waals surface area contributed by atoms with Gasteiger partial charge in [-0.1, -0.05) is 6.07 Å². The second-order valence-electron chi connectivity index (χ2n) is 4.44. The Morgan fingerprint density at radius 2 is 2.17 bits per heavy atom. The third-order valence-electron chi connectivity index (χ3n) is 3.17. The van der Waals surface area contributed by atoms with Gasteiger partial charge in [-0.05, 0) is 38.3 Å². The molecule has 0 spiro atoms. The minimum absolute atomic E-state index is 0.223. The van der Waals surface area contributed by atoms with Gasteiger partial charge in [0.25, 0.3) is 0 Å². The Labute approximate surface area is 107 Å². The maximum Gasteiger partial charge on any atom is 0.310 e. The van der Waals surface area contributed by atoms with Gasteiger partial charge in [-0.3, -0.25) is 4.79 Å². The fraction of sp³-hybridized carbons (Fsp3) is 0.500. The van der Waals surface area contributed by atoms with Crippen molar-refractivity contribution in [3.8, 4) is 11.5 Å². The molecule has 0 aliphatic heterocycles. The van der Waals surface area contributed by atoms with E-state index < -0.39 is 5.97 Å². The summed E-state index contributed by atoms with van der Waals surface area (Å²) in [5.74, 6) is 0.276. The molecule has 0 amide bonds. The molecule has 0 aromatic heterocycles. The molecule has 1 N–H and O–H groups in total. The number of carbonyl (C=O) groups is 1. The van der Waals surface area contributed by atoms with Crippen molar-refractivity contribution in [3.63, 3.8) is 0 Å². The third-order valence-corrected chi connectivity index (χ3v) is 3.17. The van der Waals surface area contributed by atoms with E-state index in [0.29, 0.717) is 18.8 Å². The fourth-order valence-electron chi connectivity index (χ4n) is 2.33. The first kappa shape index (κ1) is 12.7. The van der Waals surface area contributed by atoms with Crippen molar-refractivity contribution >= 4 is 5.97 Å². The van der Waals surface area contributed by atoms with Crippen molar-refractivity contribution in [3.05, 3.63) is 24.3 Å². The Hall–Kier alpha value is -1.71. The highest BCUT2D eigenvalue weighted by Crippen LogP contribution is 2.31. The summed E-state index contributed by atoms with van der Waals surface area (Å²) >= 11 is 0. The Balaban J connectivity index is 2.04. The van der Waals surface area contributed by atoms with Crippen LogP contribution in [0.3, 0.4) is 0 Å². The zero-order chi connectivity index (χ0) is 13.0. The van der Waals surface area contributed by atoms with Crippen LogP contribution in [0.15, 0.2) is 24.3 Å². The monoisotopic (exact) mass is 250 g/mol. The summed E-state index contributed by atoms with van der Waals surface area (Å²) in [6.45, 7) is 2.52. The summed E-state index contributed by atoms with van der Waals surface area (Å²) in [6, 6.07) is 7.35. The molecule has 4 heteroatoms. The molecule has 0 bridgehead atoms. The molecule has 4 nitrogen and oxygen atoms in total. The van der Waals surface area contributed by atoms with Gasteiger partial charge in [0.1, 0.15) is 17.6 Å². The van der Waals surface area contributed by atoms with Crippen LogP contribution in [-0.2, 0) is 4.79 Å². The molecule has 1 saturated carbocycles. The van der Waals surface area contributed by atoms with E-state index in [-0.39, 0.29) is 12.0 Å². The summed E-state index contributed by atoms with van der Waals surface area (Å²) < 4.78 is 11.2. The molecule has 0 radical (unpaired) electrons. The van der Waals surface area contributed by atoms with E-state index >= 15 is 0 Å². The number of carboxylic acids is 1. The average Bonchev–Trinajstić information content (AvgIpc) is 2.78. The molecule has 1 aromatic rings. The van der Waals surface area contributed by atoms with Crippen LogP contribution < -0.4 is 9.47 Å². The molecule has 1 aliphatic rings. The molecule has 0 saturated heterocycles. The van der Waals surface area contributed by atoms with E-state index in [1.807, 2.05) is 25.1 Å². The fourth-order valence-corrected chi connectivity index (χ4v) is 2.33. The van der Waals surface area contributed by atoms with E-state index in [2.05, 4.69) is 0 Å². The predicted octanol–water partition coefficient (Wildman–Crippen LogP) is 2.72. The Morgan fingerprint density at radius 1 is 1.39 bits per heavy atom. The lowest BCUT2D eigenvalue weighted by atomic mass is 10.1. The van der Waals surface area contributed by atoms with Crippen LogP contribution in [0.2, 0.25) is 0 Å². The van der Waals surface area contributed by atoms with Crippen LogP contribution >= 0.6 is 0 Å². The lowest BCUT2D eigenvalue weighted by Crippen LogP contribution is -2.27. The zero-order valence-electron chi connectivity index (χ0n) is 10.5. The van der Waals surface area contributed by atoms with Crippen LogP contribution in [0.4, 0.5) is 0 Å². The number of carboxylic acid groups (broad SMARTS) is 1. The first-order valence-electron chi connectivity index (χ1n) is 6.33. The summed E-state index contributed by atoms with van der Waals surface area (Å²) in [5.41, 5.74) is 0. The van der Waals surface area contributed by atoms with Gasteiger partial charge in [0.05, 0.1) is 12.5 Å². The first-order valence-corrected chi connectivity index (χ1v) is 6.33. The molecule has 98 valence electrons. The maximum atomic E-state index is 11.1. The van der Waals surface area contributed by atoms with E-state index in [9.17, 15) is 4.79 Å². The van der Waals surface area contributed by atoms with E-state index in [4.69, 9.17) is 14.6 Å². The Kier molecular flexibility index (Phi) is 4.07. The van der Waals surface area contributed by atoms with Gasteiger partial charge in [0.2, 0.25) is 0 Å². The van der Waals surface area contributed by atoms with Crippen molar-refractivity contribution in [2.45, 2.75) is 32.3 Å². The minimum Gasteiger partial charge on any atom is -0.494 e. The quantitative estimate of drug-likeness (QED) is 0.873. The van der Waals surface area contributed by atoms with Gasteiger partial charge in [0, 0.05) is 6.07 Å². The number of aliphatic carboxylic acids is 1. The predicted molar refractivity (Wildman–Crippen MR) is 67.0 cm³/mol. The second-order valence-corrected chi connectivity index (χ2v) is 4.44. The lowest BCUT2D eigenvalue weighted by Gasteiger charge is -2.18. The zero-order valence-corrected chi connectivity index (χ0v) is 10.5. The molecule has 1 aromatic carbocycles. The standard InChI is InChI=1S/C14H18O4/c1-2-17-10-5-3-6-11(9-10)18-13-8-4-7-12(13)14(15)16/h3,5-6,9,12-13H,2,4,7-8H2,1H3,(H,15,16). The molecule has 2 unspecified atom stereocenters. The number of rotatable bonds is 5. The highest BCUT2D eigenvalue weighted by Gasteiger charge is 2.34. The third kappa shape index (κ3) is 2.94. The SMILES string of the molecule is CCOc1cccc(OC2CCCC2C(=O)O)c1. The minimum atomic E-state index is -0.765. The Morgan fingerprint density at radius 3 is 2.89 bits per heavy atom. The van der Waals surface area contributed by atoms with Crippen molar-refractivity contribution in [1.82, 2.24) is 0 Å². The maximum absolute atomic E-state index is 11.1. The number of benzene rings is 1. The summed E-state index contributed by atoms with van der Waals surface area (Å²) in [7, 11) is 0. The molecular formula is C14H18O4. The lowest BCUT2D eigenvalue weighted by molar-refractivity contribution is -0.143. The van der Waals surface area contributed by atoms with Crippen LogP contribution in [0.25, 0.3) is 0 Å². The number of hydrogen-bond acceptors (Lipinski definition) is 3. The van der Waals surface area contributed by atoms with E-state index in [1.165, 1.54) is 0 Å². The largest absolute Gasteiger partial charge is 0.494 e. The molecular weight excluding hydrogens is 232 g/mol. The van der Waals surface area contributed by atoms with Gasteiger partial charge in [-0.2, -0.15) is 0 Å².